The molecule has 0 radical (unpaired) electrons. The van der Waals surface area contributed by atoms with E-state index in [2.05, 4.69) is 15.0 Å². The summed E-state index contributed by atoms with van der Waals surface area (Å²) in [7, 11) is 0. The minimum absolute atomic E-state index is 0.255. The highest BCUT2D eigenvalue weighted by molar-refractivity contribution is 6.47. The third-order valence-electron chi connectivity index (χ3n) is 5.83. The summed E-state index contributed by atoms with van der Waals surface area (Å²) in [6, 6.07) is 0. The second-order valence-corrected chi connectivity index (χ2v) is 7.28. The molecule has 9 nitrogen and oxygen atoms in total. The van der Waals surface area contributed by atoms with Gasteiger partial charge in [0.2, 0.25) is 0 Å². The first kappa shape index (κ1) is 18.0. The number of aliphatic hydroxyl groups excluding tert-OH is 2. The number of nitrogens with two attached hydrogens (primary N) is 1. The SMILES string of the molecule is CCO[C@@H]1[C@H](O)[C@@H](CO)O[C@H]1N1CN=C2C1=NC=NC2(N)C1CCCC1. The van der Waals surface area contributed by atoms with Gasteiger partial charge < -0.3 is 30.3 Å². The van der Waals surface area contributed by atoms with E-state index in [4.69, 9.17) is 15.2 Å². The van der Waals surface area contributed by atoms with E-state index >= 15 is 0 Å². The maximum atomic E-state index is 10.4. The molecule has 0 spiro atoms. The Balaban J connectivity index is 1.59. The van der Waals surface area contributed by atoms with Crippen LogP contribution in [0, 0.1) is 5.92 Å². The van der Waals surface area contributed by atoms with Gasteiger partial charge in [-0.3, -0.25) is 4.99 Å². The minimum atomic E-state index is -0.913. The lowest BCUT2D eigenvalue weighted by Crippen LogP contribution is -2.58. The lowest BCUT2D eigenvalue weighted by atomic mass is 9.86. The van der Waals surface area contributed by atoms with Gasteiger partial charge in [-0.05, 0) is 19.8 Å². The Kier molecular flexibility index (Phi) is 4.83. The molecule has 5 atom stereocenters. The fourth-order valence-corrected chi connectivity index (χ4v) is 4.46. The molecule has 0 amide bonds. The normalized spacial score (nSPS) is 40.1. The molecule has 26 heavy (non-hydrogen) atoms. The second kappa shape index (κ2) is 6.97. The summed E-state index contributed by atoms with van der Waals surface area (Å²) in [6.07, 6.45) is 3.11. The number of amidine groups is 1. The summed E-state index contributed by atoms with van der Waals surface area (Å²) < 4.78 is 11.6. The van der Waals surface area contributed by atoms with Crippen molar-refractivity contribution in [3.05, 3.63) is 0 Å². The Bertz CT molecular complexity index is 633. The molecule has 1 aliphatic carbocycles. The van der Waals surface area contributed by atoms with Crippen LogP contribution in [0.3, 0.4) is 0 Å². The fraction of sp³-hybridized carbons (Fsp3) is 0.824. The highest BCUT2D eigenvalue weighted by Crippen LogP contribution is 2.38. The maximum absolute atomic E-state index is 10.4. The van der Waals surface area contributed by atoms with Crippen LogP contribution in [0.1, 0.15) is 32.6 Å². The average Bonchev–Trinajstić information content (AvgIpc) is 3.36. The van der Waals surface area contributed by atoms with Gasteiger partial charge in [-0.15, -0.1) is 0 Å². The topological polar surface area (TPSA) is 125 Å². The van der Waals surface area contributed by atoms with Gasteiger partial charge in [0, 0.05) is 12.5 Å². The molecule has 0 aromatic carbocycles. The Hall–Kier alpha value is -1.39. The Morgan fingerprint density at radius 2 is 2.19 bits per heavy atom. The quantitative estimate of drug-likeness (QED) is 0.601. The van der Waals surface area contributed by atoms with Gasteiger partial charge in [0.1, 0.15) is 37.0 Å². The standard InChI is InChI=1S/C17H27N5O4/c1-2-25-13-12(24)11(7-23)26-16(13)22-9-20-14-15(22)19-8-21-17(14,18)10-5-3-4-6-10/h8,10-13,16,23-24H,2-7,9,18H2,1H3/t11-,12-,13-,16-,17?/m1/s1. The van der Waals surface area contributed by atoms with E-state index in [1.165, 1.54) is 6.34 Å². The van der Waals surface area contributed by atoms with Crippen LogP contribution in [0.4, 0.5) is 0 Å². The van der Waals surface area contributed by atoms with Crippen LogP contribution in [0.15, 0.2) is 15.0 Å². The first-order valence-corrected chi connectivity index (χ1v) is 9.38. The van der Waals surface area contributed by atoms with Crippen LogP contribution in [0.5, 0.6) is 0 Å². The molecule has 3 heterocycles. The van der Waals surface area contributed by atoms with Crippen molar-refractivity contribution < 1.29 is 19.7 Å². The molecule has 144 valence electrons. The molecule has 1 unspecified atom stereocenters. The number of rotatable bonds is 5. The average molecular weight is 365 g/mol. The van der Waals surface area contributed by atoms with Gasteiger partial charge in [0.25, 0.3) is 0 Å². The molecule has 4 N–H and O–H groups in total. The van der Waals surface area contributed by atoms with Crippen LogP contribution in [0.25, 0.3) is 0 Å². The molecular formula is C17H27N5O4. The summed E-state index contributed by atoms with van der Waals surface area (Å²) >= 11 is 0. The monoisotopic (exact) mass is 365 g/mol. The Morgan fingerprint density at radius 3 is 2.88 bits per heavy atom. The zero-order valence-electron chi connectivity index (χ0n) is 15.0. The summed E-state index contributed by atoms with van der Waals surface area (Å²) in [4.78, 5) is 15.4. The lowest BCUT2D eigenvalue weighted by Gasteiger charge is -2.36. The Labute approximate surface area is 152 Å². The predicted octanol–water partition coefficient (Wildman–Crippen LogP) is -0.531. The number of aliphatic hydroxyl groups is 2. The molecule has 4 rings (SSSR count). The molecule has 0 aromatic heterocycles. The van der Waals surface area contributed by atoms with Crippen molar-refractivity contribution in [3.8, 4) is 0 Å². The molecule has 0 bridgehead atoms. The summed E-state index contributed by atoms with van der Waals surface area (Å²) in [5.41, 5.74) is 6.52. The number of hydrogen-bond donors (Lipinski definition) is 3. The largest absolute Gasteiger partial charge is 0.394 e. The van der Waals surface area contributed by atoms with Gasteiger partial charge in [0.05, 0.1) is 6.61 Å². The number of ether oxygens (including phenoxy) is 2. The van der Waals surface area contributed by atoms with Crippen molar-refractivity contribution >= 4 is 17.9 Å². The van der Waals surface area contributed by atoms with Crippen LogP contribution in [-0.4, -0.2) is 83.1 Å². The van der Waals surface area contributed by atoms with E-state index in [9.17, 15) is 10.2 Å². The molecule has 0 aromatic rings. The number of hydrogen-bond acceptors (Lipinski definition) is 9. The van der Waals surface area contributed by atoms with Gasteiger partial charge in [0.15, 0.2) is 17.7 Å². The van der Waals surface area contributed by atoms with Crippen molar-refractivity contribution in [1.29, 1.82) is 0 Å². The van der Waals surface area contributed by atoms with E-state index in [0.717, 1.165) is 25.7 Å². The van der Waals surface area contributed by atoms with Crippen molar-refractivity contribution in [2.75, 3.05) is 19.9 Å². The van der Waals surface area contributed by atoms with E-state index in [-0.39, 0.29) is 12.5 Å². The minimum Gasteiger partial charge on any atom is -0.394 e. The fourth-order valence-electron chi connectivity index (χ4n) is 4.46. The highest BCUT2D eigenvalue weighted by Gasteiger charge is 2.53. The molecule has 1 saturated carbocycles. The third-order valence-corrected chi connectivity index (χ3v) is 5.83. The molecular weight excluding hydrogens is 338 g/mol. The van der Waals surface area contributed by atoms with Gasteiger partial charge in [-0.25, -0.2) is 9.98 Å². The maximum Gasteiger partial charge on any atom is 0.162 e. The van der Waals surface area contributed by atoms with Crippen molar-refractivity contribution in [2.24, 2.45) is 26.6 Å². The van der Waals surface area contributed by atoms with Crippen molar-refractivity contribution in [3.63, 3.8) is 0 Å². The Morgan fingerprint density at radius 1 is 1.42 bits per heavy atom. The molecule has 2 fully saturated rings. The van der Waals surface area contributed by atoms with Crippen LogP contribution < -0.4 is 5.73 Å². The first-order valence-electron chi connectivity index (χ1n) is 9.38. The zero-order chi connectivity index (χ0) is 18.3. The van der Waals surface area contributed by atoms with Gasteiger partial charge in [-0.1, -0.05) is 12.8 Å². The third kappa shape index (κ3) is 2.69. The van der Waals surface area contributed by atoms with Crippen molar-refractivity contribution in [1.82, 2.24) is 4.90 Å². The zero-order valence-corrected chi connectivity index (χ0v) is 15.0. The van der Waals surface area contributed by atoms with Crippen LogP contribution >= 0.6 is 0 Å². The summed E-state index contributed by atoms with van der Waals surface area (Å²) in [5, 5.41) is 19.9. The molecule has 3 aliphatic heterocycles. The van der Waals surface area contributed by atoms with Gasteiger partial charge >= 0.3 is 0 Å². The smallest absolute Gasteiger partial charge is 0.162 e. The number of nitrogens with zero attached hydrogens (tertiary/aromatic N) is 4. The molecule has 9 heteroatoms. The predicted molar refractivity (Wildman–Crippen MR) is 96.1 cm³/mol. The van der Waals surface area contributed by atoms with E-state index in [1.807, 2.05) is 11.8 Å². The number of aliphatic imine (C=N–C) groups is 3. The molecule has 4 aliphatic rings. The molecule has 1 saturated heterocycles. The second-order valence-electron chi connectivity index (χ2n) is 7.28. The highest BCUT2D eigenvalue weighted by atomic mass is 16.6. The first-order chi connectivity index (χ1) is 12.6. The van der Waals surface area contributed by atoms with E-state index in [1.54, 1.807) is 0 Å². The summed E-state index contributed by atoms with van der Waals surface area (Å²) in [5.74, 6) is 0.890. The van der Waals surface area contributed by atoms with E-state index in [0.29, 0.717) is 24.8 Å². The van der Waals surface area contributed by atoms with E-state index < -0.39 is 30.2 Å². The van der Waals surface area contributed by atoms with Crippen LogP contribution in [-0.2, 0) is 9.47 Å². The van der Waals surface area contributed by atoms with Crippen molar-refractivity contribution in [2.45, 2.75) is 62.8 Å². The van der Waals surface area contributed by atoms with Gasteiger partial charge in [-0.2, -0.15) is 0 Å². The lowest BCUT2D eigenvalue weighted by molar-refractivity contribution is -0.0846. The number of fused-ring (bicyclic) bond motifs is 1. The summed E-state index contributed by atoms with van der Waals surface area (Å²) in [6.45, 7) is 2.33. The van der Waals surface area contributed by atoms with Crippen LogP contribution in [0.2, 0.25) is 0 Å².